The molecule has 180 valence electrons. The first-order valence-electron chi connectivity index (χ1n) is 11.7. The topological polar surface area (TPSA) is 105 Å². The Morgan fingerprint density at radius 1 is 1.03 bits per heavy atom. The van der Waals surface area contributed by atoms with E-state index in [9.17, 15) is 19.5 Å². The number of nitrogens with one attached hydrogen (secondary N) is 2. The molecule has 0 radical (unpaired) electrons. The fraction of sp³-hybridized carbons (Fsp3) is 0.444. The number of carbonyl (C=O) groups excluding carboxylic acids is 2. The molecule has 1 saturated carbocycles. The molecule has 0 bridgehead atoms. The summed E-state index contributed by atoms with van der Waals surface area (Å²) in [6, 6.07) is 15.3. The van der Waals surface area contributed by atoms with Gasteiger partial charge in [-0.1, -0.05) is 69.3 Å². The van der Waals surface area contributed by atoms with Crippen LogP contribution in [0.15, 0.2) is 48.5 Å². The Morgan fingerprint density at radius 2 is 1.59 bits per heavy atom. The number of fused-ring (bicyclic) bond motifs is 3. The summed E-state index contributed by atoms with van der Waals surface area (Å²) in [6.07, 6.45) is 1.66. The number of amides is 2. The summed E-state index contributed by atoms with van der Waals surface area (Å²) in [5, 5.41) is 15.0. The molecular formula is C27H32N2O5. The summed E-state index contributed by atoms with van der Waals surface area (Å²) in [6.45, 7) is 5.49. The van der Waals surface area contributed by atoms with E-state index in [0.29, 0.717) is 12.8 Å². The Labute approximate surface area is 199 Å². The summed E-state index contributed by atoms with van der Waals surface area (Å²) in [5.74, 6) is -1.50. The molecule has 0 saturated heterocycles. The highest BCUT2D eigenvalue weighted by Gasteiger charge is 2.42. The number of aliphatic carboxylic acids is 1. The van der Waals surface area contributed by atoms with E-state index in [0.717, 1.165) is 28.7 Å². The maximum absolute atomic E-state index is 12.7. The van der Waals surface area contributed by atoms with E-state index in [4.69, 9.17) is 4.74 Å². The van der Waals surface area contributed by atoms with Crippen molar-refractivity contribution in [2.24, 2.45) is 5.41 Å². The van der Waals surface area contributed by atoms with Crippen molar-refractivity contribution in [2.75, 3.05) is 6.61 Å². The summed E-state index contributed by atoms with van der Waals surface area (Å²) in [4.78, 5) is 37.0. The molecule has 2 amide bonds. The van der Waals surface area contributed by atoms with Crippen LogP contribution < -0.4 is 10.6 Å². The van der Waals surface area contributed by atoms with Crippen LogP contribution in [-0.2, 0) is 14.3 Å². The molecule has 2 aromatic rings. The zero-order valence-electron chi connectivity index (χ0n) is 19.9. The predicted octanol–water partition coefficient (Wildman–Crippen LogP) is 4.45. The van der Waals surface area contributed by atoms with Gasteiger partial charge < -0.3 is 20.5 Å². The van der Waals surface area contributed by atoms with E-state index >= 15 is 0 Å². The number of rotatable bonds is 7. The molecule has 7 heteroatoms. The van der Waals surface area contributed by atoms with E-state index in [2.05, 4.69) is 34.9 Å². The zero-order valence-corrected chi connectivity index (χ0v) is 19.9. The van der Waals surface area contributed by atoms with Gasteiger partial charge in [0, 0.05) is 12.3 Å². The minimum Gasteiger partial charge on any atom is -0.480 e. The average molecular weight is 465 g/mol. The highest BCUT2D eigenvalue weighted by molar-refractivity contribution is 5.85. The first-order chi connectivity index (χ1) is 16.1. The lowest BCUT2D eigenvalue weighted by molar-refractivity contribution is -0.145. The Hall–Kier alpha value is -3.35. The normalized spacial score (nSPS) is 17.0. The highest BCUT2D eigenvalue weighted by Crippen LogP contribution is 2.44. The number of alkyl carbamates (subject to hydrolysis) is 1. The molecule has 0 unspecified atom stereocenters. The standard InChI is InChI=1S/C27H32N2O5/c1-26(2,3)23(24(31)32)28-22(30)15-27(13-8-14-27)29-25(33)34-16-21-19-11-6-4-9-17(19)18-10-5-7-12-20(18)21/h4-7,9-12,21,23H,8,13-16H2,1-3H3,(H,28,30)(H,29,33)(H,31,32)/t23-/m0/s1. The zero-order chi connectivity index (χ0) is 24.5. The second-order valence-electron chi connectivity index (χ2n) is 10.5. The van der Waals surface area contributed by atoms with E-state index in [1.807, 2.05) is 24.3 Å². The van der Waals surface area contributed by atoms with Gasteiger partial charge in [0.05, 0.1) is 5.54 Å². The number of carboxylic acid groups (broad SMARTS) is 1. The van der Waals surface area contributed by atoms with Crippen molar-refractivity contribution in [1.29, 1.82) is 0 Å². The van der Waals surface area contributed by atoms with Crippen molar-refractivity contribution < 1.29 is 24.2 Å². The number of hydrogen-bond donors (Lipinski definition) is 3. The van der Waals surface area contributed by atoms with Crippen LogP contribution >= 0.6 is 0 Å². The van der Waals surface area contributed by atoms with Gasteiger partial charge in [0.1, 0.15) is 12.6 Å². The Kier molecular flexibility index (Phi) is 6.39. The first kappa shape index (κ1) is 23.8. The van der Waals surface area contributed by atoms with Gasteiger partial charge >= 0.3 is 12.1 Å². The van der Waals surface area contributed by atoms with Crippen molar-refractivity contribution >= 4 is 18.0 Å². The smallest absolute Gasteiger partial charge is 0.407 e. The van der Waals surface area contributed by atoms with Crippen molar-refractivity contribution in [3.8, 4) is 11.1 Å². The van der Waals surface area contributed by atoms with Crippen molar-refractivity contribution in [2.45, 2.75) is 64.0 Å². The van der Waals surface area contributed by atoms with Crippen LogP contribution in [0.25, 0.3) is 11.1 Å². The van der Waals surface area contributed by atoms with Gasteiger partial charge in [-0.05, 0) is 46.9 Å². The van der Waals surface area contributed by atoms with E-state index < -0.39 is 29.1 Å². The lowest BCUT2D eigenvalue weighted by Gasteiger charge is -2.42. The number of hydrogen-bond acceptors (Lipinski definition) is 4. The van der Waals surface area contributed by atoms with Gasteiger partial charge in [-0.15, -0.1) is 0 Å². The monoisotopic (exact) mass is 464 g/mol. The third-order valence-corrected chi connectivity index (χ3v) is 6.94. The average Bonchev–Trinajstić information content (AvgIpc) is 3.07. The van der Waals surface area contributed by atoms with Crippen LogP contribution in [0.5, 0.6) is 0 Å². The highest BCUT2D eigenvalue weighted by atomic mass is 16.5. The summed E-state index contributed by atoms with van der Waals surface area (Å²) in [7, 11) is 0. The molecule has 1 atom stereocenters. The van der Waals surface area contributed by atoms with Crippen LogP contribution in [0, 0.1) is 5.41 Å². The largest absolute Gasteiger partial charge is 0.480 e. The molecule has 2 aliphatic carbocycles. The van der Waals surface area contributed by atoms with Gasteiger partial charge in [-0.3, -0.25) is 4.79 Å². The van der Waals surface area contributed by atoms with Crippen molar-refractivity contribution in [3.63, 3.8) is 0 Å². The van der Waals surface area contributed by atoms with Gasteiger partial charge in [-0.25, -0.2) is 9.59 Å². The molecule has 3 N–H and O–H groups in total. The fourth-order valence-corrected chi connectivity index (χ4v) is 4.97. The maximum Gasteiger partial charge on any atom is 0.407 e. The Bertz CT molecular complexity index is 1050. The lowest BCUT2D eigenvalue weighted by Crippen LogP contribution is -2.58. The number of benzene rings is 2. The quantitative estimate of drug-likeness (QED) is 0.561. The van der Waals surface area contributed by atoms with Crippen LogP contribution in [-0.4, -0.2) is 41.3 Å². The molecule has 0 aliphatic heterocycles. The maximum atomic E-state index is 12.7. The van der Waals surface area contributed by atoms with Crippen LogP contribution in [0.3, 0.4) is 0 Å². The van der Waals surface area contributed by atoms with Crippen LogP contribution in [0.4, 0.5) is 4.79 Å². The third kappa shape index (κ3) is 4.79. The molecule has 7 nitrogen and oxygen atoms in total. The van der Waals surface area contributed by atoms with Gasteiger partial charge in [-0.2, -0.15) is 0 Å². The molecule has 2 aliphatic rings. The van der Waals surface area contributed by atoms with Crippen molar-refractivity contribution in [1.82, 2.24) is 10.6 Å². The SMILES string of the molecule is CC(C)(C)[C@@H](NC(=O)CC1(NC(=O)OCC2c3ccccc3-c3ccccc32)CCC1)C(=O)O. The lowest BCUT2D eigenvalue weighted by atomic mass is 9.74. The van der Waals surface area contributed by atoms with E-state index in [-0.39, 0.29) is 24.9 Å². The second kappa shape index (κ2) is 9.12. The molecule has 34 heavy (non-hydrogen) atoms. The Balaban J connectivity index is 1.38. The summed E-state index contributed by atoms with van der Waals surface area (Å²) in [5.41, 5.74) is 3.26. The van der Waals surface area contributed by atoms with E-state index in [1.54, 1.807) is 20.8 Å². The van der Waals surface area contributed by atoms with Gasteiger partial charge in [0.2, 0.25) is 5.91 Å². The molecule has 0 heterocycles. The summed E-state index contributed by atoms with van der Waals surface area (Å²) < 4.78 is 5.65. The minimum absolute atomic E-state index is 0.0249. The molecular weight excluding hydrogens is 432 g/mol. The predicted molar refractivity (Wildman–Crippen MR) is 128 cm³/mol. The third-order valence-electron chi connectivity index (χ3n) is 6.94. The molecule has 0 aromatic heterocycles. The van der Waals surface area contributed by atoms with Crippen LogP contribution in [0.2, 0.25) is 0 Å². The second-order valence-corrected chi connectivity index (χ2v) is 10.5. The Morgan fingerprint density at radius 3 is 2.06 bits per heavy atom. The van der Waals surface area contributed by atoms with Gasteiger partial charge in [0.25, 0.3) is 0 Å². The number of ether oxygens (including phenoxy) is 1. The van der Waals surface area contributed by atoms with Gasteiger partial charge in [0.15, 0.2) is 0 Å². The fourth-order valence-electron chi connectivity index (χ4n) is 4.97. The molecule has 1 fully saturated rings. The number of carbonyl (C=O) groups is 3. The first-order valence-corrected chi connectivity index (χ1v) is 11.7. The summed E-state index contributed by atoms with van der Waals surface area (Å²) >= 11 is 0. The van der Waals surface area contributed by atoms with E-state index in [1.165, 1.54) is 0 Å². The minimum atomic E-state index is -1.08. The molecule has 0 spiro atoms. The van der Waals surface area contributed by atoms with Crippen LogP contribution in [0.1, 0.15) is 63.5 Å². The molecule has 2 aromatic carbocycles. The van der Waals surface area contributed by atoms with Crippen molar-refractivity contribution in [3.05, 3.63) is 59.7 Å². The number of carboxylic acids is 1. The molecule has 4 rings (SSSR count).